The number of ketones is 1. The van der Waals surface area contributed by atoms with Crippen molar-refractivity contribution in [2.45, 2.75) is 128 Å². The number of nitrogens with zero attached hydrogens (tertiary/aromatic N) is 1. The average molecular weight is 770 g/mol. The molecule has 8 rings (SSSR count). The van der Waals surface area contributed by atoms with E-state index in [2.05, 4.69) is 41.7 Å². The standard InChI is InChI=1S/C45H63N5O6/c1-4-5-18-35(39(51)41(53)46-19-12-13-20-56-28-29-14-8-6-9-15-29)47-40(52)38-36-34(44(36,2)3)27-50(38)42(54)37(33-16-10-7-11-17-33)48-43(55)49-45-24-30-21-31(25-45)23-32(22-30)26-45/h4,6,8-9,12-15,30-38H,1,5,7,10-11,16-28H2,2-3H3,(H,46,53)(H,47,52)(H2,48,49,55)/b13-12+/t30?,31?,32?,34-,35?,36-,37-,38-,45?/m0/s1. The van der Waals surface area contributed by atoms with Crippen molar-refractivity contribution in [3.8, 4) is 0 Å². The average Bonchev–Trinajstić information content (AvgIpc) is 3.46. The summed E-state index contributed by atoms with van der Waals surface area (Å²) in [4.78, 5) is 71.3. The number of nitrogens with one attached hydrogen (secondary N) is 4. The van der Waals surface area contributed by atoms with Crippen LogP contribution in [0, 0.1) is 40.9 Å². The summed E-state index contributed by atoms with van der Waals surface area (Å²) in [6.07, 6.45) is 17.5. The van der Waals surface area contributed by atoms with E-state index in [1.807, 2.05) is 30.3 Å². The highest BCUT2D eigenvalue weighted by atomic mass is 16.5. The zero-order valence-electron chi connectivity index (χ0n) is 33.4. The lowest BCUT2D eigenvalue weighted by Gasteiger charge is -2.56. The number of hydrogen-bond donors (Lipinski definition) is 4. The van der Waals surface area contributed by atoms with Crippen molar-refractivity contribution in [1.29, 1.82) is 0 Å². The number of hydrogen-bond acceptors (Lipinski definition) is 6. The molecule has 4 N–H and O–H groups in total. The first kappa shape index (κ1) is 40.2. The minimum Gasteiger partial charge on any atom is -0.373 e. The molecule has 304 valence electrons. The van der Waals surface area contributed by atoms with Gasteiger partial charge in [0, 0.05) is 18.6 Å². The van der Waals surface area contributed by atoms with Gasteiger partial charge in [0.05, 0.1) is 19.3 Å². The molecule has 0 spiro atoms. The second-order valence-corrected chi connectivity index (χ2v) is 18.5. The van der Waals surface area contributed by atoms with Gasteiger partial charge in [0.2, 0.25) is 17.6 Å². The number of urea groups is 1. The molecule has 5 amide bonds. The largest absolute Gasteiger partial charge is 0.373 e. The van der Waals surface area contributed by atoms with Crippen LogP contribution in [-0.2, 0) is 30.5 Å². The minimum atomic E-state index is -1.07. The normalized spacial score (nSPS) is 30.9. The molecule has 7 aliphatic rings. The van der Waals surface area contributed by atoms with E-state index in [0.29, 0.717) is 43.9 Å². The van der Waals surface area contributed by atoms with Gasteiger partial charge < -0.3 is 30.9 Å². The number of piperidine rings is 1. The maximum atomic E-state index is 14.8. The molecule has 1 saturated heterocycles. The molecule has 0 radical (unpaired) electrons. The highest BCUT2D eigenvalue weighted by Gasteiger charge is 2.70. The monoisotopic (exact) mass is 769 g/mol. The maximum Gasteiger partial charge on any atom is 0.315 e. The number of amides is 5. The molecule has 11 nitrogen and oxygen atoms in total. The SMILES string of the molecule is C=CCCC(NC(=O)[C@@H]1[C@@H]2[C@H](CN1C(=O)[C@@H](NC(=O)NC13CC4CC(CC(C4)C1)C3)C1CCCCC1)C2(C)C)C(=O)C(=O)NC/C=C/COCc1ccccc1. The van der Waals surface area contributed by atoms with Gasteiger partial charge in [-0.3, -0.25) is 19.2 Å². The van der Waals surface area contributed by atoms with Crippen molar-refractivity contribution in [2.24, 2.45) is 40.9 Å². The van der Waals surface area contributed by atoms with Gasteiger partial charge in [-0.2, -0.15) is 0 Å². The second-order valence-electron chi connectivity index (χ2n) is 18.5. The van der Waals surface area contributed by atoms with Crippen LogP contribution >= 0.6 is 0 Å². The summed E-state index contributed by atoms with van der Waals surface area (Å²) in [6.45, 7) is 9.40. The number of fused-ring (bicyclic) bond motifs is 1. The topological polar surface area (TPSA) is 146 Å². The molecular formula is C45H63N5O6. The zero-order chi connectivity index (χ0) is 39.5. The number of carbonyl (C=O) groups is 5. The Morgan fingerprint density at radius 1 is 0.929 bits per heavy atom. The summed E-state index contributed by atoms with van der Waals surface area (Å²) in [6, 6.07) is 6.95. The van der Waals surface area contributed by atoms with Gasteiger partial charge in [0.15, 0.2) is 0 Å². The Bertz CT molecular complexity index is 1620. The van der Waals surface area contributed by atoms with Crippen LogP contribution in [0.1, 0.15) is 103 Å². The maximum absolute atomic E-state index is 14.8. The van der Waals surface area contributed by atoms with Crippen LogP contribution in [0.5, 0.6) is 0 Å². The van der Waals surface area contributed by atoms with Gasteiger partial charge >= 0.3 is 6.03 Å². The van der Waals surface area contributed by atoms with Crippen molar-refractivity contribution < 1.29 is 28.7 Å². The number of likely N-dealkylation sites (tertiary alicyclic amines) is 1. The fourth-order valence-corrected chi connectivity index (χ4v) is 11.7. The molecule has 6 aliphatic carbocycles. The van der Waals surface area contributed by atoms with E-state index in [1.165, 1.54) is 19.3 Å². The minimum absolute atomic E-state index is 0.0119. The van der Waals surface area contributed by atoms with E-state index in [9.17, 15) is 24.0 Å². The van der Waals surface area contributed by atoms with Gasteiger partial charge in [-0.15, -0.1) is 6.58 Å². The number of Topliss-reactive ketones (excluding diaryl/α,β-unsaturated/α-hetero) is 1. The first-order chi connectivity index (χ1) is 27.0. The second kappa shape index (κ2) is 17.2. The lowest BCUT2D eigenvalue weighted by atomic mass is 9.53. The number of rotatable bonds is 17. The number of ether oxygens (including phenoxy) is 1. The Kier molecular flexibility index (Phi) is 12.4. The van der Waals surface area contributed by atoms with Crippen LogP contribution in [0.3, 0.4) is 0 Å². The fourth-order valence-electron chi connectivity index (χ4n) is 11.7. The van der Waals surface area contributed by atoms with E-state index in [4.69, 9.17) is 4.74 Å². The highest BCUT2D eigenvalue weighted by Crippen LogP contribution is 2.65. The molecule has 4 bridgehead atoms. The summed E-state index contributed by atoms with van der Waals surface area (Å²) in [5.41, 5.74) is 0.721. The van der Waals surface area contributed by atoms with Gasteiger partial charge in [-0.25, -0.2) is 4.79 Å². The Morgan fingerprint density at radius 3 is 2.27 bits per heavy atom. The molecule has 1 aromatic rings. The lowest BCUT2D eigenvalue weighted by Crippen LogP contribution is -2.64. The van der Waals surface area contributed by atoms with E-state index >= 15 is 0 Å². The summed E-state index contributed by atoms with van der Waals surface area (Å²) in [5.74, 6) is -0.104. The molecule has 1 aliphatic heterocycles. The molecular weight excluding hydrogens is 707 g/mol. The van der Waals surface area contributed by atoms with Crippen LogP contribution in [0.2, 0.25) is 0 Å². The first-order valence-electron chi connectivity index (χ1n) is 21.4. The smallest absolute Gasteiger partial charge is 0.315 e. The molecule has 56 heavy (non-hydrogen) atoms. The van der Waals surface area contributed by atoms with Crippen molar-refractivity contribution in [3.63, 3.8) is 0 Å². The van der Waals surface area contributed by atoms with Gasteiger partial charge in [-0.1, -0.05) is 81.7 Å². The van der Waals surface area contributed by atoms with Gasteiger partial charge in [0.1, 0.15) is 12.1 Å². The number of benzene rings is 1. The Hall–Kier alpha value is -3.99. The molecule has 1 unspecified atom stereocenters. The summed E-state index contributed by atoms with van der Waals surface area (Å²) < 4.78 is 5.64. The lowest BCUT2D eigenvalue weighted by molar-refractivity contribution is -0.144. The molecule has 1 aromatic carbocycles. The van der Waals surface area contributed by atoms with Crippen LogP contribution in [-0.4, -0.2) is 77.8 Å². The van der Waals surface area contributed by atoms with E-state index < -0.39 is 35.7 Å². The van der Waals surface area contributed by atoms with E-state index in [-0.39, 0.29) is 53.6 Å². The number of carbonyl (C=O) groups excluding carboxylic acids is 5. The molecule has 0 aromatic heterocycles. The van der Waals surface area contributed by atoms with Crippen molar-refractivity contribution in [1.82, 2.24) is 26.2 Å². The van der Waals surface area contributed by atoms with E-state index in [0.717, 1.165) is 56.9 Å². The summed E-state index contributed by atoms with van der Waals surface area (Å²) in [7, 11) is 0. The summed E-state index contributed by atoms with van der Waals surface area (Å²) >= 11 is 0. The van der Waals surface area contributed by atoms with Crippen LogP contribution < -0.4 is 21.3 Å². The molecule has 11 heteroatoms. The molecule has 5 atom stereocenters. The molecule has 6 saturated carbocycles. The van der Waals surface area contributed by atoms with Crippen LogP contribution in [0.4, 0.5) is 4.79 Å². The van der Waals surface area contributed by atoms with Crippen molar-refractivity contribution >= 4 is 29.5 Å². The van der Waals surface area contributed by atoms with Crippen molar-refractivity contribution in [3.05, 3.63) is 60.7 Å². The third-order valence-corrected chi connectivity index (χ3v) is 14.2. The van der Waals surface area contributed by atoms with Crippen LogP contribution in [0.15, 0.2) is 55.1 Å². The number of allylic oxidation sites excluding steroid dienone is 1. The van der Waals surface area contributed by atoms with Gasteiger partial charge in [-0.05, 0) is 111 Å². The first-order valence-corrected chi connectivity index (χ1v) is 21.4. The fraction of sp³-hybridized carbons (Fsp3) is 0.667. The van der Waals surface area contributed by atoms with Crippen molar-refractivity contribution in [2.75, 3.05) is 19.7 Å². The molecule has 1 heterocycles. The third kappa shape index (κ3) is 8.93. The van der Waals surface area contributed by atoms with Gasteiger partial charge in [0.25, 0.3) is 5.91 Å². The van der Waals surface area contributed by atoms with Crippen LogP contribution in [0.25, 0.3) is 0 Å². The van der Waals surface area contributed by atoms with E-state index in [1.54, 1.807) is 23.1 Å². The third-order valence-electron chi connectivity index (χ3n) is 14.2. The highest BCUT2D eigenvalue weighted by molar-refractivity contribution is 6.38. The quantitative estimate of drug-likeness (QED) is 0.0924. The predicted octanol–water partition coefficient (Wildman–Crippen LogP) is 5.60. The molecule has 7 fully saturated rings. The summed E-state index contributed by atoms with van der Waals surface area (Å²) in [5, 5.41) is 12.2. The Morgan fingerprint density at radius 2 is 1.61 bits per heavy atom. The Balaban J connectivity index is 0.991. The zero-order valence-corrected chi connectivity index (χ0v) is 33.4. The Labute approximate surface area is 332 Å². The predicted molar refractivity (Wildman–Crippen MR) is 214 cm³/mol.